The quantitative estimate of drug-likeness (QED) is 0.471. The largest absolute Gasteiger partial charge is 0.381 e. The third kappa shape index (κ3) is 3.59. The van der Waals surface area contributed by atoms with Crippen molar-refractivity contribution in [1.29, 1.82) is 0 Å². The number of nitrogens with zero attached hydrogens (tertiary/aromatic N) is 4. The highest BCUT2D eigenvalue weighted by atomic mass is 19.1. The van der Waals surface area contributed by atoms with Crippen LogP contribution in [0, 0.1) is 18.6 Å². The molecule has 7 rings (SSSR count). The number of carbonyl (C=O) groups excluding carboxylic acids is 1. The molecule has 0 unspecified atom stereocenters. The van der Waals surface area contributed by atoms with Gasteiger partial charge in [-0.25, -0.2) is 8.78 Å². The summed E-state index contributed by atoms with van der Waals surface area (Å²) in [6.07, 6.45) is 4.06. The number of amides is 1. The molecule has 3 aromatic rings. The van der Waals surface area contributed by atoms with Gasteiger partial charge in [-0.3, -0.25) is 9.78 Å². The van der Waals surface area contributed by atoms with Gasteiger partial charge in [-0.15, -0.1) is 0 Å². The van der Waals surface area contributed by atoms with E-state index in [0.29, 0.717) is 68.1 Å². The Morgan fingerprint density at radius 3 is 2.39 bits per heavy atom. The fourth-order valence-corrected chi connectivity index (χ4v) is 6.58. The maximum absolute atomic E-state index is 15.6. The second-order valence-corrected chi connectivity index (χ2v) is 10.8. The molecule has 1 amide bonds. The van der Waals surface area contributed by atoms with Gasteiger partial charge >= 0.3 is 0 Å². The Bertz CT molecular complexity index is 1450. The van der Waals surface area contributed by atoms with Crippen molar-refractivity contribution in [2.24, 2.45) is 0 Å². The van der Waals surface area contributed by atoms with E-state index in [-0.39, 0.29) is 11.3 Å². The lowest BCUT2D eigenvalue weighted by atomic mass is 9.78. The van der Waals surface area contributed by atoms with E-state index in [0.717, 1.165) is 54.6 Å². The lowest BCUT2D eigenvalue weighted by Gasteiger charge is -2.36. The summed E-state index contributed by atoms with van der Waals surface area (Å²) in [6.45, 7) is 7.32. The third-order valence-electron chi connectivity index (χ3n) is 8.70. The molecular weight excluding hydrogens is 490 g/mol. The first-order valence-corrected chi connectivity index (χ1v) is 13.4. The number of rotatable bonds is 3. The summed E-state index contributed by atoms with van der Waals surface area (Å²) >= 11 is 0. The van der Waals surface area contributed by atoms with E-state index in [1.54, 1.807) is 11.0 Å². The fourth-order valence-electron chi connectivity index (χ4n) is 6.58. The van der Waals surface area contributed by atoms with Gasteiger partial charge in [-0.05, 0) is 48.9 Å². The van der Waals surface area contributed by atoms with Gasteiger partial charge in [0.2, 0.25) is 5.91 Å². The second kappa shape index (κ2) is 8.88. The Hall–Kier alpha value is -3.30. The van der Waals surface area contributed by atoms with Crippen molar-refractivity contribution in [3.63, 3.8) is 0 Å². The fraction of sp³-hybridized carbons (Fsp3) is 0.448. The number of halogens is 2. The average molecular weight is 521 g/mol. The van der Waals surface area contributed by atoms with Gasteiger partial charge in [0.15, 0.2) is 0 Å². The Balaban J connectivity index is 1.46. The number of fused-ring (bicyclic) bond motifs is 3. The summed E-state index contributed by atoms with van der Waals surface area (Å²) in [6, 6.07) is 6.22. The Morgan fingerprint density at radius 1 is 0.921 bits per heavy atom. The van der Waals surface area contributed by atoms with Gasteiger partial charge in [0.05, 0.1) is 42.2 Å². The summed E-state index contributed by atoms with van der Waals surface area (Å²) in [7, 11) is 0. The molecule has 9 heteroatoms. The number of pyridine rings is 1. The van der Waals surface area contributed by atoms with Crippen LogP contribution in [0.15, 0.2) is 30.5 Å². The van der Waals surface area contributed by atoms with E-state index in [4.69, 9.17) is 14.5 Å². The smallest absolute Gasteiger partial charge is 0.228 e. The normalized spacial score (nSPS) is 20.8. The van der Waals surface area contributed by atoms with Crippen LogP contribution in [0.5, 0.6) is 0 Å². The van der Waals surface area contributed by atoms with E-state index in [9.17, 15) is 9.18 Å². The molecule has 1 spiro atoms. The van der Waals surface area contributed by atoms with Crippen LogP contribution in [0.2, 0.25) is 0 Å². The Labute approximate surface area is 219 Å². The highest BCUT2D eigenvalue weighted by molar-refractivity contribution is 6.07. The summed E-state index contributed by atoms with van der Waals surface area (Å²) < 4.78 is 41.3. The molecule has 4 aliphatic rings. The molecule has 2 aromatic carbocycles. The van der Waals surface area contributed by atoms with Crippen LogP contribution >= 0.6 is 0 Å². The minimum atomic E-state index is -0.635. The van der Waals surface area contributed by atoms with Crippen molar-refractivity contribution in [1.82, 2.24) is 4.98 Å². The first-order chi connectivity index (χ1) is 18.4. The number of benzene rings is 2. The zero-order chi connectivity index (χ0) is 26.0. The number of hydrogen-bond donors (Lipinski definition) is 0. The van der Waals surface area contributed by atoms with Crippen molar-refractivity contribution < 1.29 is 23.0 Å². The summed E-state index contributed by atoms with van der Waals surface area (Å²) in [5.74, 6) is -1.22. The zero-order valence-electron chi connectivity index (χ0n) is 21.4. The minimum Gasteiger partial charge on any atom is -0.381 e. The second-order valence-electron chi connectivity index (χ2n) is 10.8. The molecule has 3 saturated heterocycles. The molecule has 4 aliphatic heterocycles. The van der Waals surface area contributed by atoms with E-state index >= 15 is 4.39 Å². The van der Waals surface area contributed by atoms with Crippen LogP contribution in [-0.2, 0) is 19.7 Å². The molecule has 0 atom stereocenters. The van der Waals surface area contributed by atoms with Crippen molar-refractivity contribution in [3.8, 4) is 0 Å². The molecule has 1 aromatic heterocycles. The van der Waals surface area contributed by atoms with Gasteiger partial charge < -0.3 is 24.2 Å². The molecule has 198 valence electrons. The Morgan fingerprint density at radius 2 is 1.68 bits per heavy atom. The zero-order valence-corrected chi connectivity index (χ0v) is 21.4. The Kier molecular flexibility index (Phi) is 5.56. The maximum Gasteiger partial charge on any atom is 0.228 e. The predicted octanol–water partition coefficient (Wildman–Crippen LogP) is 4.59. The first-order valence-electron chi connectivity index (χ1n) is 13.4. The topological polar surface area (TPSA) is 58.1 Å². The molecular formula is C29H30F2N4O3. The summed E-state index contributed by atoms with van der Waals surface area (Å²) in [4.78, 5) is 23.7. The molecule has 0 aliphatic carbocycles. The van der Waals surface area contributed by atoms with Crippen molar-refractivity contribution >= 4 is 39.4 Å². The number of carbonyl (C=O) groups is 1. The number of ether oxygens (including phenoxy) is 2. The van der Waals surface area contributed by atoms with Crippen LogP contribution in [0.1, 0.15) is 30.5 Å². The first kappa shape index (κ1) is 23.8. The molecule has 38 heavy (non-hydrogen) atoms. The van der Waals surface area contributed by atoms with Crippen LogP contribution in [0.4, 0.5) is 31.5 Å². The average Bonchev–Trinajstić information content (AvgIpc) is 3.21. The van der Waals surface area contributed by atoms with Gasteiger partial charge in [-0.2, -0.15) is 0 Å². The van der Waals surface area contributed by atoms with Crippen LogP contribution in [0.3, 0.4) is 0 Å². The molecule has 7 nitrogen and oxygen atoms in total. The van der Waals surface area contributed by atoms with Crippen molar-refractivity contribution in [2.75, 3.05) is 67.3 Å². The summed E-state index contributed by atoms with van der Waals surface area (Å²) in [5, 5.41) is 0.817. The maximum atomic E-state index is 15.6. The summed E-state index contributed by atoms with van der Waals surface area (Å²) in [5.41, 5.74) is 4.91. The number of anilines is 4. The van der Waals surface area contributed by atoms with Gasteiger partial charge in [0, 0.05) is 68.4 Å². The van der Waals surface area contributed by atoms with E-state index < -0.39 is 11.6 Å². The van der Waals surface area contributed by atoms with Gasteiger partial charge in [-0.1, -0.05) is 0 Å². The number of hydrogen-bond acceptors (Lipinski definition) is 6. The highest BCUT2D eigenvalue weighted by Gasteiger charge is 2.47. The van der Waals surface area contributed by atoms with Crippen LogP contribution < -0.4 is 14.7 Å². The van der Waals surface area contributed by atoms with E-state index in [2.05, 4.69) is 15.9 Å². The predicted molar refractivity (Wildman–Crippen MR) is 142 cm³/mol. The molecule has 3 fully saturated rings. The van der Waals surface area contributed by atoms with E-state index in [1.165, 1.54) is 6.07 Å². The molecule has 5 heterocycles. The van der Waals surface area contributed by atoms with E-state index in [1.807, 2.05) is 13.1 Å². The number of morpholine rings is 1. The van der Waals surface area contributed by atoms with Gasteiger partial charge in [0.1, 0.15) is 11.6 Å². The lowest BCUT2D eigenvalue weighted by molar-refractivity contribution is -0.122. The standard InChI is InChI=1S/C29H30F2N4O3/c1-18-23(34-5-2-25(34)36)13-19-12-20(30)14-22(31)26(19)27(18)35-17-29(3-8-37-9-4-29)28-24(35)15-21(16-32-28)33-6-10-38-11-7-33/h12-16H,2-11,17H2,1H3. The SMILES string of the molecule is Cc1c(N2CCC2=O)cc2cc(F)cc(F)c2c1N1CC2(CCOCC2)c2ncc(N3CCOCC3)cc21. The number of β-lactam (4-membered cyclic amide) rings is 1. The highest BCUT2D eigenvalue weighted by Crippen LogP contribution is 2.53. The van der Waals surface area contributed by atoms with Crippen molar-refractivity contribution in [2.45, 2.75) is 31.6 Å². The number of aromatic nitrogens is 1. The monoisotopic (exact) mass is 520 g/mol. The van der Waals surface area contributed by atoms with Gasteiger partial charge in [0.25, 0.3) is 0 Å². The molecule has 0 N–H and O–H groups in total. The van der Waals surface area contributed by atoms with Crippen LogP contribution in [-0.4, -0.2) is 63.5 Å². The molecule has 0 radical (unpaired) electrons. The van der Waals surface area contributed by atoms with Crippen LogP contribution in [0.25, 0.3) is 10.8 Å². The molecule has 0 saturated carbocycles. The van der Waals surface area contributed by atoms with Crippen molar-refractivity contribution in [3.05, 3.63) is 53.4 Å². The molecule has 0 bridgehead atoms. The minimum absolute atomic E-state index is 0.0225. The third-order valence-corrected chi connectivity index (χ3v) is 8.70. The lowest BCUT2D eigenvalue weighted by Crippen LogP contribution is -2.44.